The Hall–Kier alpha value is -2.15. The number of halogens is 2. The number of hydrogen-bond acceptors (Lipinski definition) is 5. The van der Waals surface area contributed by atoms with E-state index >= 15 is 0 Å². The van der Waals surface area contributed by atoms with Crippen LogP contribution in [0.3, 0.4) is 0 Å². The van der Waals surface area contributed by atoms with Crippen LogP contribution in [0.5, 0.6) is 0 Å². The lowest BCUT2D eigenvalue weighted by molar-refractivity contribution is 0.0500. The minimum atomic E-state index is -0.402. The number of hydrogen-bond donors (Lipinski definition) is 1. The van der Waals surface area contributed by atoms with Crippen molar-refractivity contribution in [1.29, 1.82) is 0 Å². The van der Waals surface area contributed by atoms with E-state index in [0.717, 1.165) is 17.5 Å². The molecule has 27 heavy (non-hydrogen) atoms. The van der Waals surface area contributed by atoms with Gasteiger partial charge in [-0.3, -0.25) is 10.1 Å². The number of aromatic nitrogens is 1. The molecule has 3 rings (SSSR count). The average Bonchev–Trinajstić information content (AvgIpc) is 3.05. The molecule has 0 bridgehead atoms. The van der Waals surface area contributed by atoms with E-state index < -0.39 is 5.91 Å². The molecule has 1 N–H and O–H groups in total. The van der Waals surface area contributed by atoms with E-state index in [1.165, 1.54) is 17.4 Å². The van der Waals surface area contributed by atoms with Crippen molar-refractivity contribution in [3.8, 4) is 0 Å². The zero-order valence-electron chi connectivity index (χ0n) is 14.4. The van der Waals surface area contributed by atoms with Gasteiger partial charge in [0.05, 0.1) is 33.0 Å². The zero-order chi connectivity index (χ0) is 19.4. The van der Waals surface area contributed by atoms with Gasteiger partial charge in [-0.25, -0.2) is 9.78 Å². The summed E-state index contributed by atoms with van der Waals surface area (Å²) in [4.78, 5) is 28.9. The highest BCUT2D eigenvalue weighted by Crippen LogP contribution is 2.28. The maximum absolute atomic E-state index is 12.4. The van der Waals surface area contributed by atoms with E-state index in [4.69, 9.17) is 27.9 Å². The van der Waals surface area contributed by atoms with Gasteiger partial charge in [-0.05, 0) is 42.8 Å². The van der Waals surface area contributed by atoms with E-state index in [2.05, 4.69) is 10.3 Å². The van der Waals surface area contributed by atoms with Crippen LogP contribution in [0, 0.1) is 0 Å². The number of anilines is 1. The topological polar surface area (TPSA) is 68.3 Å². The molecule has 0 saturated heterocycles. The van der Waals surface area contributed by atoms with Crippen LogP contribution in [0.4, 0.5) is 5.13 Å². The van der Waals surface area contributed by atoms with Crippen molar-refractivity contribution < 1.29 is 14.3 Å². The number of nitrogens with one attached hydrogen (secondary N) is 1. The number of benzene rings is 2. The molecular formula is C19H16Cl2N2O3S. The first-order valence-corrected chi connectivity index (χ1v) is 9.89. The smallest absolute Gasteiger partial charge is 0.338 e. The number of ether oxygens (including phenoxy) is 1. The normalized spacial score (nSPS) is 10.8. The maximum atomic E-state index is 12.4. The van der Waals surface area contributed by atoms with Crippen LogP contribution >= 0.6 is 34.5 Å². The fourth-order valence-electron chi connectivity index (χ4n) is 2.33. The average molecular weight is 423 g/mol. The molecule has 0 aliphatic carbocycles. The Balaban J connectivity index is 1.77. The van der Waals surface area contributed by atoms with Crippen molar-refractivity contribution in [2.75, 3.05) is 11.9 Å². The number of esters is 1. The summed E-state index contributed by atoms with van der Waals surface area (Å²) in [7, 11) is 0. The molecule has 0 radical (unpaired) electrons. The predicted octanol–water partition coefficient (Wildman–Crippen LogP) is 5.81. The number of thiazole rings is 1. The van der Waals surface area contributed by atoms with Gasteiger partial charge in [0.2, 0.25) is 0 Å². The van der Waals surface area contributed by atoms with Crippen molar-refractivity contribution in [3.05, 3.63) is 57.6 Å². The summed E-state index contributed by atoms with van der Waals surface area (Å²) in [5.41, 5.74) is 1.40. The number of unbranched alkanes of at least 4 members (excludes halogenated alkanes) is 1. The Bertz CT molecular complexity index is 1000. The standard InChI is InChI=1S/C19H16Cl2N2O3S/c1-2-3-8-26-18(25)11-4-7-15-16(9-11)27-19(22-15)23-17(24)13-10-12(20)5-6-14(13)21/h4-7,9-10H,2-3,8H2,1H3,(H,22,23,24). The SMILES string of the molecule is CCCCOC(=O)c1ccc2nc(NC(=O)c3cc(Cl)ccc3Cl)sc2c1. The van der Waals surface area contributed by atoms with Crippen LogP contribution in [0.1, 0.15) is 40.5 Å². The highest BCUT2D eigenvalue weighted by molar-refractivity contribution is 7.22. The molecule has 140 valence electrons. The molecule has 0 unspecified atom stereocenters. The Kier molecular flexibility index (Phi) is 6.31. The van der Waals surface area contributed by atoms with Crippen LogP contribution in [-0.4, -0.2) is 23.5 Å². The molecule has 1 aromatic heterocycles. The van der Waals surface area contributed by atoms with Gasteiger partial charge in [-0.1, -0.05) is 47.9 Å². The van der Waals surface area contributed by atoms with Crippen molar-refractivity contribution in [2.24, 2.45) is 0 Å². The summed E-state index contributed by atoms with van der Waals surface area (Å²) < 4.78 is 5.99. The van der Waals surface area contributed by atoms with Gasteiger partial charge in [-0.2, -0.15) is 0 Å². The molecule has 0 aliphatic heterocycles. The largest absolute Gasteiger partial charge is 0.462 e. The Labute approximate surface area is 170 Å². The molecule has 0 atom stereocenters. The Morgan fingerprint density at radius 2 is 2.00 bits per heavy atom. The highest BCUT2D eigenvalue weighted by atomic mass is 35.5. The van der Waals surface area contributed by atoms with E-state index in [9.17, 15) is 9.59 Å². The molecule has 0 spiro atoms. The first-order valence-electron chi connectivity index (χ1n) is 8.32. The van der Waals surface area contributed by atoms with Crippen LogP contribution < -0.4 is 5.32 Å². The van der Waals surface area contributed by atoms with Gasteiger partial charge >= 0.3 is 5.97 Å². The number of nitrogens with zero attached hydrogens (tertiary/aromatic N) is 1. The maximum Gasteiger partial charge on any atom is 0.338 e. The summed E-state index contributed by atoms with van der Waals surface area (Å²) in [6.45, 7) is 2.43. The third-order valence-electron chi connectivity index (χ3n) is 3.75. The minimum absolute atomic E-state index is 0.267. The number of carbonyl (C=O) groups is 2. The van der Waals surface area contributed by atoms with E-state index in [1.54, 1.807) is 30.3 Å². The fraction of sp³-hybridized carbons (Fsp3) is 0.211. The second kappa shape index (κ2) is 8.69. The summed E-state index contributed by atoms with van der Waals surface area (Å²) in [5, 5.41) is 3.84. The first kappa shape index (κ1) is 19.6. The second-order valence-corrected chi connectivity index (χ2v) is 7.64. The number of fused-ring (bicyclic) bond motifs is 1. The first-order chi connectivity index (χ1) is 13.0. The quantitative estimate of drug-likeness (QED) is 0.401. The summed E-state index contributed by atoms with van der Waals surface area (Å²) in [6.07, 6.45) is 1.79. The lowest BCUT2D eigenvalue weighted by atomic mass is 10.2. The van der Waals surface area contributed by atoms with E-state index in [-0.39, 0.29) is 11.5 Å². The molecule has 2 aromatic carbocycles. The van der Waals surface area contributed by atoms with Gasteiger partial charge < -0.3 is 4.74 Å². The molecule has 0 saturated carbocycles. The van der Waals surface area contributed by atoms with Gasteiger partial charge in [0.1, 0.15) is 0 Å². The van der Waals surface area contributed by atoms with Crippen molar-refractivity contribution >= 4 is 61.8 Å². The Morgan fingerprint density at radius 1 is 1.19 bits per heavy atom. The predicted molar refractivity (Wildman–Crippen MR) is 109 cm³/mol. The van der Waals surface area contributed by atoms with Crippen LogP contribution in [0.25, 0.3) is 10.2 Å². The molecule has 3 aromatic rings. The third kappa shape index (κ3) is 4.77. The molecular weight excluding hydrogens is 407 g/mol. The van der Waals surface area contributed by atoms with Gasteiger partial charge in [-0.15, -0.1) is 0 Å². The minimum Gasteiger partial charge on any atom is -0.462 e. The van der Waals surface area contributed by atoms with Gasteiger partial charge in [0.15, 0.2) is 5.13 Å². The summed E-state index contributed by atoms with van der Waals surface area (Å²) in [5.74, 6) is -0.768. The molecule has 1 amide bonds. The molecule has 1 heterocycles. The van der Waals surface area contributed by atoms with Crippen molar-refractivity contribution in [1.82, 2.24) is 4.98 Å². The Morgan fingerprint density at radius 3 is 2.78 bits per heavy atom. The van der Waals surface area contributed by atoms with Crippen molar-refractivity contribution in [2.45, 2.75) is 19.8 Å². The molecule has 0 fully saturated rings. The third-order valence-corrected chi connectivity index (χ3v) is 5.25. The zero-order valence-corrected chi connectivity index (χ0v) is 16.7. The van der Waals surface area contributed by atoms with E-state index in [0.29, 0.717) is 32.9 Å². The number of carbonyl (C=O) groups excluding carboxylic acids is 2. The van der Waals surface area contributed by atoms with Gasteiger partial charge in [0, 0.05) is 5.02 Å². The molecule has 5 nitrogen and oxygen atoms in total. The van der Waals surface area contributed by atoms with Crippen LogP contribution in [-0.2, 0) is 4.74 Å². The number of rotatable bonds is 6. The van der Waals surface area contributed by atoms with Crippen molar-refractivity contribution in [3.63, 3.8) is 0 Å². The van der Waals surface area contributed by atoms with E-state index in [1.807, 2.05) is 6.92 Å². The number of amides is 1. The lowest BCUT2D eigenvalue weighted by Crippen LogP contribution is -2.12. The monoisotopic (exact) mass is 422 g/mol. The van der Waals surface area contributed by atoms with Gasteiger partial charge in [0.25, 0.3) is 5.91 Å². The summed E-state index contributed by atoms with van der Waals surface area (Å²) in [6, 6.07) is 9.77. The summed E-state index contributed by atoms with van der Waals surface area (Å²) >= 11 is 13.2. The molecule has 0 aliphatic rings. The van der Waals surface area contributed by atoms with Crippen LogP contribution in [0.2, 0.25) is 10.0 Å². The highest BCUT2D eigenvalue weighted by Gasteiger charge is 2.15. The second-order valence-electron chi connectivity index (χ2n) is 5.77. The molecule has 8 heteroatoms. The fourth-order valence-corrected chi connectivity index (χ4v) is 3.61. The van der Waals surface area contributed by atoms with Crippen LogP contribution in [0.15, 0.2) is 36.4 Å². The lowest BCUT2D eigenvalue weighted by Gasteiger charge is -2.04.